The first-order valence-electron chi connectivity index (χ1n) is 6.48. The summed E-state index contributed by atoms with van der Waals surface area (Å²) < 4.78 is 15.7. The highest BCUT2D eigenvalue weighted by Crippen LogP contribution is 2.33. The Labute approximate surface area is 120 Å². The SMILES string of the molecule is Cc1cc(C(C)n2c(N)nc3c(F)cccc32)c(C)s1. The Morgan fingerprint density at radius 2 is 2.10 bits per heavy atom. The molecular formula is C15H16FN3S. The van der Waals surface area contributed by atoms with Crippen LogP contribution in [0.25, 0.3) is 11.0 Å². The van der Waals surface area contributed by atoms with Gasteiger partial charge in [0.05, 0.1) is 11.6 Å². The van der Waals surface area contributed by atoms with Gasteiger partial charge < -0.3 is 10.3 Å². The number of nitrogens with zero attached hydrogens (tertiary/aromatic N) is 2. The molecule has 1 aromatic carbocycles. The van der Waals surface area contributed by atoms with Crippen LogP contribution in [0.4, 0.5) is 10.3 Å². The maximum absolute atomic E-state index is 13.8. The molecule has 1 atom stereocenters. The minimum Gasteiger partial charge on any atom is -0.369 e. The molecular weight excluding hydrogens is 273 g/mol. The second-order valence-corrected chi connectivity index (χ2v) is 6.45. The second kappa shape index (κ2) is 4.59. The molecule has 0 aliphatic heterocycles. The first-order valence-corrected chi connectivity index (χ1v) is 7.29. The van der Waals surface area contributed by atoms with Crippen LogP contribution in [0.2, 0.25) is 0 Å². The van der Waals surface area contributed by atoms with Gasteiger partial charge in [0, 0.05) is 9.75 Å². The summed E-state index contributed by atoms with van der Waals surface area (Å²) in [4.78, 5) is 6.68. The van der Waals surface area contributed by atoms with Gasteiger partial charge in [0.15, 0.2) is 5.82 Å². The fourth-order valence-corrected chi connectivity index (χ4v) is 3.73. The molecule has 2 heterocycles. The molecule has 2 aromatic heterocycles. The number of imidazole rings is 1. The Bertz CT molecular complexity index is 788. The van der Waals surface area contributed by atoms with Crippen LogP contribution in [0.5, 0.6) is 0 Å². The molecule has 0 bridgehead atoms. The van der Waals surface area contributed by atoms with Gasteiger partial charge in [-0.3, -0.25) is 0 Å². The summed E-state index contributed by atoms with van der Waals surface area (Å²) in [5.74, 6) is 0.0132. The summed E-state index contributed by atoms with van der Waals surface area (Å²) in [6.45, 7) is 6.25. The average Bonchev–Trinajstić information content (AvgIpc) is 2.89. The number of anilines is 1. The van der Waals surface area contributed by atoms with E-state index in [2.05, 4.69) is 31.8 Å². The smallest absolute Gasteiger partial charge is 0.201 e. The normalized spacial score (nSPS) is 13.0. The van der Waals surface area contributed by atoms with Crippen molar-refractivity contribution in [1.29, 1.82) is 0 Å². The number of nitrogens with two attached hydrogens (primary N) is 1. The summed E-state index contributed by atoms with van der Waals surface area (Å²) >= 11 is 1.76. The third kappa shape index (κ3) is 1.89. The van der Waals surface area contributed by atoms with Crippen LogP contribution in [0.3, 0.4) is 0 Å². The Balaban J connectivity index is 2.21. The lowest BCUT2D eigenvalue weighted by molar-refractivity contribution is 0.636. The highest BCUT2D eigenvalue weighted by atomic mass is 32.1. The van der Waals surface area contributed by atoms with Crippen molar-refractivity contribution < 1.29 is 4.39 Å². The van der Waals surface area contributed by atoms with Crippen LogP contribution in [-0.2, 0) is 0 Å². The molecule has 5 heteroatoms. The van der Waals surface area contributed by atoms with Crippen molar-refractivity contribution >= 4 is 28.3 Å². The molecule has 1 unspecified atom stereocenters. The van der Waals surface area contributed by atoms with E-state index in [-0.39, 0.29) is 11.9 Å². The van der Waals surface area contributed by atoms with Crippen molar-refractivity contribution in [2.45, 2.75) is 26.8 Å². The van der Waals surface area contributed by atoms with E-state index in [1.165, 1.54) is 21.4 Å². The number of halogens is 1. The Morgan fingerprint density at radius 1 is 1.35 bits per heavy atom. The molecule has 0 radical (unpaired) electrons. The number of fused-ring (bicyclic) bond motifs is 1. The minimum atomic E-state index is -0.335. The number of hydrogen-bond donors (Lipinski definition) is 1. The van der Waals surface area contributed by atoms with Gasteiger partial charge >= 0.3 is 0 Å². The van der Waals surface area contributed by atoms with Crippen molar-refractivity contribution in [3.63, 3.8) is 0 Å². The molecule has 104 valence electrons. The molecule has 0 saturated heterocycles. The molecule has 0 saturated carbocycles. The van der Waals surface area contributed by atoms with Crippen molar-refractivity contribution in [1.82, 2.24) is 9.55 Å². The van der Waals surface area contributed by atoms with Gasteiger partial charge in [-0.25, -0.2) is 9.37 Å². The van der Waals surface area contributed by atoms with E-state index in [4.69, 9.17) is 5.73 Å². The number of aryl methyl sites for hydroxylation is 2. The molecule has 0 aliphatic carbocycles. The molecule has 0 aliphatic rings. The van der Waals surface area contributed by atoms with Crippen molar-refractivity contribution in [3.8, 4) is 0 Å². The number of benzene rings is 1. The zero-order chi connectivity index (χ0) is 14.4. The number of para-hydroxylation sites is 1. The molecule has 0 amide bonds. The van der Waals surface area contributed by atoms with Gasteiger partial charge in [-0.15, -0.1) is 11.3 Å². The summed E-state index contributed by atoms with van der Waals surface area (Å²) in [5, 5.41) is 0. The third-order valence-electron chi connectivity index (χ3n) is 3.61. The summed E-state index contributed by atoms with van der Waals surface area (Å²) in [6, 6.07) is 7.14. The van der Waals surface area contributed by atoms with Gasteiger partial charge in [0.25, 0.3) is 0 Å². The standard InChI is InChI=1S/C15H16FN3S/c1-8-7-11(10(3)20-8)9(2)19-13-6-4-5-12(16)14(13)18-15(19)17/h4-7,9H,1-3H3,(H2,17,18). The summed E-state index contributed by atoms with van der Waals surface area (Å²) in [5.41, 5.74) is 8.29. The number of thiophene rings is 1. The number of aromatic nitrogens is 2. The van der Waals surface area contributed by atoms with Gasteiger partial charge in [0.1, 0.15) is 5.52 Å². The lowest BCUT2D eigenvalue weighted by Gasteiger charge is -2.16. The highest BCUT2D eigenvalue weighted by molar-refractivity contribution is 7.12. The van der Waals surface area contributed by atoms with E-state index >= 15 is 0 Å². The van der Waals surface area contributed by atoms with Gasteiger partial charge in [-0.1, -0.05) is 6.07 Å². The van der Waals surface area contributed by atoms with Crippen molar-refractivity contribution in [2.75, 3.05) is 5.73 Å². The fraction of sp³-hybridized carbons (Fsp3) is 0.267. The van der Waals surface area contributed by atoms with E-state index in [1.54, 1.807) is 17.4 Å². The third-order valence-corrected chi connectivity index (χ3v) is 4.60. The van der Waals surface area contributed by atoms with Crippen LogP contribution in [0.1, 0.15) is 28.3 Å². The van der Waals surface area contributed by atoms with Crippen molar-refractivity contribution in [2.24, 2.45) is 0 Å². The van der Waals surface area contributed by atoms with Gasteiger partial charge in [-0.05, 0) is 44.5 Å². The monoisotopic (exact) mass is 289 g/mol. The molecule has 3 rings (SSSR count). The summed E-state index contributed by atoms with van der Waals surface area (Å²) in [6.07, 6.45) is 0. The zero-order valence-electron chi connectivity index (χ0n) is 11.6. The van der Waals surface area contributed by atoms with Crippen LogP contribution >= 0.6 is 11.3 Å². The first kappa shape index (κ1) is 13.1. The zero-order valence-corrected chi connectivity index (χ0v) is 12.5. The molecule has 0 fully saturated rings. The largest absolute Gasteiger partial charge is 0.369 e. The molecule has 3 aromatic rings. The maximum atomic E-state index is 13.8. The predicted molar refractivity (Wildman–Crippen MR) is 81.7 cm³/mol. The quantitative estimate of drug-likeness (QED) is 0.773. The molecule has 2 N–H and O–H groups in total. The lowest BCUT2D eigenvalue weighted by Crippen LogP contribution is -2.10. The Kier molecular flexibility index (Phi) is 3.01. The van der Waals surface area contributed by atoms with E-state index in [1.807, 2.05) is 10.6 Å². The van der Waals surface area contributed by atoms with Gasteiger partial charge in [0.2, 0.25) is 5.95 Å². The van der Waals surface area contributed by atoms with Gasteiger partial charge in [-0.2, -0.15) is 0 Å². The van der Waals surface area contributed by atoms with E-state index < -0.39 is 0 Å². The van der Waals surface area contributed by atoms with Crippen LogP contribution in [-0.4, -0.2) is 9.55 Å². The average molecular weight is 289 g/mol. The predicted octanol–water partition coefficient (Wildman–Crippen LogP) is 4.05. The molecule has 3 nitrogen and oxygen atoms in total. The molecule has 20 heavy (non-hydrogen) atoms. The van der Waals surface area contributed by atoms with E-state index in [0.717, 1.165) is 5.52 Å². The van der Waals surface area contributed by atoms with E-state index in [9.17, 15) is 4.39 Å². The Morgan fingerprint density at radius 3 is 2.75 bits per heavy atom. The maximum Gasteiger partial charge on any atom is 0.201 e. The van der Waals surface area contributed by atoms with E-state index in [0.29, 0.717) is 11.5 Å². The van der Waals surface area contributed by atoms with Crippen molar-refractivity contribution in [3.05, 3.63) is 45.4 Å². The summed E-state index contributed by atoms with van der Waals surface area (Å²) in [7, 11) is 0. The first-order chi connectivity index (χ1) is 9.49. The topological polar surface area (TPSA) is 43.8 Å². The lowest BCUT2D eigenvalue weighted by atomic mass is 10.1. The minimum absolute atomic E-state index is 0.0340. The molecule has 0 spiro atoms. The number of rotatable bonds is 2. The van der Waals surface area contributed by atoms with Crippen LogP contribution < -0.4 is 5.73 Å². The highest BCUT2D eigenvalue weighted by Gasteiger charge is 2.19. The van der Waals surface area contributed by atoms with Crippen LogP contribution in [0.15, 0.2) is 24.3 Å². The van der Waals surface area contributed by atoms with Crippen LogP contribution in [0, 0.1) is 19.7 Å². The number of hydrogen-bond acceptors (Lipinski definition) is 3. The fourth-order valence-electron chi connectivity index (χ4n) is 2.71. The Hall–Kier alpha value is -1.88. The second-order valence-electron chi connectivity index (χ2n) is 4.99. The number of nitrogen functional groups attached to an aromatic ring is 1.